The van der Waals surface area contributed by atoms with Crippen molar-refractivity contribution < 1.29 is 13.2 Å². The predicted octanol–water partition coefficient (Wildman–Crippen LogP) is 1.27. The van der Waals surface area contributed by atoms with Gasteiger partial charge in [0.25, 0.3) is 0 Å². The van der Waals surface area contributed by atoms with Crippen molar-refractivity contribution in [2.45, 2.75) is 26.4 Å². The summed E-state index contributed by atoms with van der Waals surface area (Å²) in [5.74, 6) is 0.932. The molecular formula is C18H30N4O3S. The van der Waals surface area contributed by atoms with Crippen LogP contribution in [0.25, 0.3) is 0 Å². The van der Waals surface area contributed by atoms with Crippen LogP contribution in [0.4, 0.5) is 0 Å². The number of guanidine groups is 1. The fraction of sp³-hybridized carbons (Fsp3) is 0.611. The van der Waals surface area contributed by atoms with E-state index in [1.165, 1.54) is 11.1 Å². The molecule has 146 valence electrons. The number of nitrogens with zero attached hydrogens (tertiary/aromatic N) is 2. The number of benzene rings is 1. The molecule has 1 atom stereocenters. The quantitative estimate of drug-likeness (QED) is 0.422. The maximum Gasteiger partial charge on any atom is 0.211 e. The van der Waals surface area contributed by atoms with Crippen molar-refractivity contribution in [3.8, 4) is 0 Å². The van der Waals surface area contributed by atoms with Gasteiger partial charge in [0.2, 0.25) is 10.0 Å². The summed E-state index contributed by atoms with van der Waals surface area (Å²) in [5.41, 5.74) is 2.44. The van der Waals surface area contributed by atoms with Crippen molar-refractivity contribution in [3.63, 3.8) is 0 Å². The lowest BCUT2D eigenvalue weighted by molar-refractivity contribution is -0.00830. The van der Waals surface area contributed by atoms with Gasteiger partial charge in [0.1, 0.15) is 6.10 Å². The molecule has 26 heavy (non-hydrogen) atoms. The van der Waals surface area contributed by atoms with Gasteiger partial charge < -0.3 is 15.0 Å². The van der Waals surface area contributed by atoms with E-state index >= 15 is 0 Å². The van der Waals surface area contributed by atoms with Gasteiger partial charge >= 0.3 is 0 Å². The summed E-state index contributed by atoms with van der Waals surface area (Å²) in [4.78, 5) is 6.55. The minimum absolute atomic E-state index is 0.0277. The first-order valence-electron chi connectivity index (χ1n) is 9.07. The third kappa shape index (κ3) is 5.96. The molecule has 2 N–H and O–H groups in total. The maximum atomic E-state index is 11.4. The first kappa shape index (κ1) is 20.7. The van der Waals surface area contributed by atoms with Crippen LogP contribution in [0.3, 0.4) is 0 Å². The van der Waals surface area contributed by atoms with E-state index in [4.69, 9.17) is 4.74 Å². The predicted molar refractivity (Wildman–Crippen MR) is 105 cm³/mol. The van der Waals surface area contributed by atoms with Crippen molar-refractivity contribution in [3.05, 3.63) is 35.4 Å². The second-order valence-electron chi connectivity index (χ2n) is 6.29. The molecule has 0 radical (unpaired) electrons. The Morgan fingerprint density at radius 3 is 2.81 bits per heavy atom. The molecule has 0 bridgehead atoms. The molecule has 0 amide bonds. The monoisotopic (exact) mass is 382 g/mol. The Morgan fingerprint density at radius 1 is 1.35 bits per heavy atom. The molecule has 1 saturated heterocycles. The smallest absolute Gasteiger partial charge is 0.211 e. The first-order chi connectivity index (χ1) is 12.5. The lowest BCUT2D eigenvalue weighted by Crippen LogP contribution is -2.48. The summed E-state index contributed by atoms with van der Waals surface area (Å²) >= 11 is 0. The molecule has 2 rings (SSSR count). The summed E-state index contributed by atoms with van der Waals surface area (Å²) < 4.78 is 31.4. The van der Waals surface area contributed by atoms with E-state index in [1.54, 1.807) is 14.0 Å². The highest BCUT2D eigenvalue weighted by Gasteiger charge is 2.24. The Balaban J connectivity index is 1.85. The van der Waals surface area contributed by atoms with E-state index in [0.717, 1.165) is 19.0 Å². The normalized spacial score (nSPS) is 18.8. The zero-order valence-electron chi connectivity index (χ0n) is 15.9. The number of ether oxygens (including phenoxy) is 1. The van der Waals surface area contributed by atoms with Gasteiger partial charge in [-0.1, -0.05) is 24.3 Å². The molecule has 1 aliphatic rings. The number of hydrogen-bond donors (Lipinski definition) is 2. The molecule has 0 aliphatic carbocycles. The highest BCUT2D eigenvalue weighted by molar-refractivity contribution is 7.89. The third-order valence-corrected chi connectivity index (χ3v) is 5.86. The van der Waals surface area contributed by atoms with Crippen LogP contribution in [0, 0.1) is 6.92 Å². The van der Waals surface area contributed by atoms with Crippen LogP contribution >= 0.6 is 0 Å². The van der Waals surface area contributed by atoms with Crippen LogP contribution in [0.15, 0.2) is 29.3 Å². The molecule has 1 unspecified atom stereocenters. The Labute approximate surface area is 156 Å². The van der Waals surface area contributed by atoms with Gasteiger partial charge in [-0.25, -0.2) is 13.1 Å². The van der Waals surface area contributed by atoms with E-state index in [2.05, 4.69) is 39.0 Å². The summed E-state index contributed by atoms with van der Waals surface area (Å²) in [6.07, 6.45) is 0.726. The van der Waals surface area contributed by atoms with Gasteiger partial charge in [0.15, 0.2) is 5.96 Å². The van der Waals surface area contributed by atoms with Crippen molar-refractivity contribution >= 4 is 16.0 Å². The number of morpholine rings is 1. The Hall–Kier alpha value is -1.64. The molecule has 1 fully saturated rings. The third-order valence-electron chi connectivity index (χ3n) is 4.45. The van der Waals surface area contributed by atoms with Gasteiger partial charge in [-0.15, -0.1) is 0 Å². The van der Waals surface area contributed by atoms with Gasteiger partial charge in [0, 0.05) is 26.7 Å². The molecular weight excluding hydrogens is 352 g/mol. The molecule has 1 aromatic carbocycles. The molecule has 1 heterocycles. The van der Waals surface area contributed by atoms with E-state index in [9.17, 15) is 8.42 Å². The van der Waals surface area contributed by atoms with Crippen LogP contribution in [-0.4, -0.2) is 64.9 Å². The Bertz CT molecular complexity index is 706. The molecule has 1 aromatic rings. The van der Waals surface area contributed by atoms with Crippen molar-refractivity contribution in [2.24, 2.45) is 4.99 Å². The zero-order valence-corrected chi connectivity index (χ0v) is 16.7. The fourth-order valence-electron chi connectivity index (χ4n) is 2.93. The number of rotatable bonds is 7. The van der Waals surface area contributed by atoms with Crippen LogP contribution < -0.4 is 10.0 Å². The van der Waals surface area contributed by atoms with Crippen molar-refractivity contribution in [1.82, 2.24) is 14.9 Å². The van der Waals surface area contributed by atoms with Crippen LogP contribution in [-0.2, 0) is 14.8 Å². The molecule has 1 aliphatic heterocycles. The summed E-state index contributed by atoms with van der Waals surface area (Å²) in [5, 5.41) is 3.32. The van der Waals surface area contributed by atoms with Crippen LogP contribution in [0.2, 0.25) is 0 Å². The van der Waals surface area contributed by atoms with E-state index in [0.29, 0.717) is 26.1 Å². The van der Waals surface area contributed by atoms with Gasteiger partial charge in [-0.3, -0.25) is 4.99 Å². The number of nitrogens with one attached hydrogen (secondary N) is 2. The topological polar surface area (TPSA) is 83.0 Å². The second-order valence-corrected chi connectivity index (χ2v) is 8.38. The van der Waals surface area contributed by atoms with Gasteiger partial charge in [-0.05, 0) is 31.4 Å². The van der Waals surface area contributed by atoms with E-state index < -0.39 is 10.0 Å². The Morgan fingerprint density at radius 2 is 2.12 bits per heavy atom. The zero-order chi connectivity index (χ0) is 19.0. The first-order valence-corrected chi connectivity index (χ1v) is 10.7. The average molecular weight is 383 g/mol. The molecule has 8 heteroatoms. The number of sulfonamides is 1. The van der Waals surface area contributed by atoms with Crippen molar-refractivity contribution in [1.29, 1.82) is 0 Å². The summed E-state index contributed by atoms with van der Waals surface area (Å²) in [6, 6.07) is 8.28. The lowest BCUT2D eigenvalue weighted by atomic mass is 10.0. The van der Waals surface area contributed by atoms with Crippen molar-refractivity contribution in [2.75, 3.05) is 45.6 Å². The van der Waals surface area contributed by atoms with E-state index in [1.807, 2.05) is 12.1 Å². The molecule has 0 spiro atoms. The minimum Gasteiger partial charge on any atom is -0.370 e. The maximum absolute atomic E-state index is 11.4. The van der Waals surface area contributed by atoms with Gasteiger partial charge in [0.05, 0.1) is 18.9 Å². The lowest BCUT2D eigenvalue weighted by Gasteiger charge is -2.35. The fourth-order valence-corrected chi connectivity index (χ4v) is 3.59. The molecule has 7 nitrogen and oxygen atoms in total. The van der Waals surface area contributed by atoms with Gasteiger partial charge in [-0.2, -0.15) is 0 Å². The molecule has 0 aromatic heterocycles. The van der Waals surface area contributed by atoms with Crippen LogP contribution in [0.5, 0.6) is 0 Å². The highest BCUT2D eigenvalue weighted by Crippen LogP contribution is 2.24. The summed E-state index contributed by atoms with van der Waals surface area (Å²) in [6.45, 7) is 6.99. The molecule has 0 saturated carbocycles. The van der Waals surface area contributed by atoms with Crippen LogP contribution in [0.1, 0.15) is 30.6 Å². The highest BCUT2D eigenvalue weighted by atomic mass is 32.2. The Kier molecular flexibility index (Phi) is 7.86. The number of aliphatic imine (C=N–C) groups is 1. The SMILES string of the molecule is CCS(=O)(=O)NCCCNC(=NC)N1CCOC(c2ccccc2C)C1. The number of hydrogen-bond acceptors (Lipinski definition) is 4. The number of aryl methyl sites for hydroxylation is 1. The standard InChI is InChI=1S/C18H30N4O3S/c1-4-26(23,24)21-11-7-10-20-18(19-3)22-12-13-25-17(14-22)16-9-6-5-8-15(16)2/h5-6,8-9,17,21H,4,7,10-14H2,1-3H3,(H,19,20). The van der Waals surface area contributed by atoms with E-state index in [-0.39, 0.29) is 11.9 Å². The average Bonchev–Trinajstić information content (AvgIpc) is 2.65. The largest absolute Gasteiger partial charge is 0.370 e. The minimum atomic E-state index is -3.12. The summed E-state index contributed by atoms with van der Waals surface area (Å²) in [7, 11) is -1.36. The second kappa shape index (κ2) is 9.89.